The molecule has 0 saturated heterocycles. The van der Waals surface area contributed by atoms with E-state index in [0.717, 1.165) is 44.9 Å². The molecule has 2 unspecified atom stereocenters. The average Bonchev–Trinajstić information content (AvgIpc) is 2.86. The topological polar surface area (TPSA) is 37.3 Å². The second-order valence-electron chi connectivity index (χ2n) is 8.76. The molecular formula is C21H28O2. The number of ketones is 1. The summed E-state index contributed by atoms with van der Waals surface area (Å²) in [4.78, 5) is 12.7. The third-order valence-electron chi connectivity index (χ3n) is 8.10. The molecule has 1 N–H and O–H groups in total. The van der Waals surface area contributed by atoms with Crippen molar-refractivity contribution < 1.29 is 9.90 Å². The van der Waals surface area contributed by atoms with Gasteiger partial charge in [-0.2, -0.15) is 0 Å². The van der Waals surface area contributed by atoms with E-state index in [0.29, 0.717) is 29.2 Å². The van der Waals surface area contributed by atoms with Gasteiger partial charge in [0.2, 0.25) is 0 Å². The summed E-state index contributed by atoms with van der Waals surface area (Å²) in [5.74, 6) is 5.59. The SMILES string of the molecule is C#CC1C[C@H]2C(CC[C@@H]3[C@@H]2CC[C@]2(C)[C@@H](O)CC[C@@H]32)C(=O)C1=C. The number of hydrogen-bond acceptors (Lipinski definition) is 2. The van der Waals surface area contributed by atoms with Gasteiger partial charge in [0.1, 0.15) is 0 Å². The Morgan fingerprint density at radius 1 is 1.17 bits per heavy atom. The van der Waals surface area contributed by atoms with E-state index in [-0.39, 0.29) is 29.1 Å². The Bertz CT molecular complexity index is 585. The zero-order chi connectivity index (χ0) is 16.4. The number of aliphatic hydroxyl groups excluding tert-OH is 1. The minimum atomic E-state index is -0.127. The van der Waals surface area contributed by atoms with Gasteiger partial charge in [0.15, 0.2) is 5.78 Å². The Kier molecular flexibility index (Phi) is 3.50. The predicted octanol–water partition coefficient (Wildman–Crippen LogP) is 3.59. The van der Waals surface area contributed by atoms with Crippen LogP contribution in [0.1, 0.15) is 51.9 Å². The summed E-state index contributed by atoms with van der Waals surface area (Å²) in [5, 5.41) is 10.5. The first-order valence-corrected chi connectivity index (χ1v) is 9.34. The second kappa shape index (κ2) is 5.21. The number of Topliss-reactive ketones (excluding diaryl/α,β-unsaturated/α-hetero) is 1. The molecule has 0 aromatic heterocycles. The average molecular weight is 312 g/mol. The molecule has 0 amide bonds. The fourth-order valence-electron chi connectivity index (χ4n) is 6.78. The second-order valence-corrected chi connectivity index (χ2v) is 8.76. The minimum absolute atomic E-state index is 0.0509. The van der Waals surface area contributed by atoms with E-state index >= 15 is 0 Å². The van der Waals surface area contributed by atoms with E-state index in [2.05, 4.69) is 19.4 Å². The van der Waals surface area contributed by atoms with Crippen LogP contribution in [-0.2, 0) is 4.79 Å². The monoisotopic (exact) mass is 312 g/mol. The van der Waals surface area contributed by atoms with Crippen LogP contribution in [0.2, 0.25) is 0 Å². The molecule has 4 rings (SSSR count). The molecule has 8 atom stereocenters. The van der Waals surface area contributed by atoms with Crippen LogP contribution < -0.4 is 0 Å². The number of aliphatic hydroxyl groups is 1. The van der Waals surface area contributed by atoms with Gasteiger partial charge in [-0.05, 0) is 74.0 Å². The number of terminal acetylenes is 1. The van der Waals surface area contributed by atoms with E-state index in [9.17, 15) is 9.90 Å². The number of hydrogen-bond donors (Lipinski definition) is 1. The lowest BCUT2D eigenvalue weighted by Gasteiger charge is -2.55. The maximum Gasteiger partial charge on any atom is 0.162 e. The molecule has 0 aromatic carbocycles. The van der Waals surface area contributed by atoms with Crippen molar-refractivity contribution in [2.24, 2.45) is 40.9 Å². The molecule has 23 heavy (non-hydrogen) atoms. The first-order valence-electron chi connectivity index (χ1n) is 9.34. The van der Waals surface area contributed by atoms with Crippen LogP contribution in [0.25, 0.3) is 0 Å². The van der Waals surface area contributed by atoms with Crippen LogP contribution in [-0.4, -0.2) is 17.0 Å². The van der Waals surface area contributed by atoms with Crippen LogP contribution in [0.15, 0.2) is 12.2 Å². The first-order chi connectivity index (χ1) is 11.0. The van der Waals surface area contributed by atoms with Gasteiger partial charge in [-0.1, -0.05) is 19.4 Å². The smallest absolute Gasteiger partial charge is 0.162 e. The van der Waals surface area contributed by atoms with Crippen molar-refractivity contribution >= 4 is 5.78 Å². The van der Waals surface area contributed by atoms with Crippen molar-refractivity contribution in [2.45, 2.75) is 58.0 Å². The number of allylic oxidation sites excluding steroid dienone is 1. The van der Waals surface area contributed by atoms with Gasteiger partial charge in [0.05, 0.1) is 6.10 Å². The molecule has 0 spiro atoms. The highest BCUT2D eigenvalue weighted by molar-refractivity contribution is 5.98. The van der Waals surface area contributed by atoms with Crippen LogP contribution in [0.4, 0.5) is 0 Å². The summed E-state index contributed by atoms with van der Waals surface area (Å²) >= 11 is 0. The summed E-state index contributed by atoms with van der Waals surface area (Å²) in [7, 11) is 0. The molecule has 4 aliphatic rings. The largest absolute Gasteiger partial charge is 0.393 e. The summed E-state index contributed by atoms with van der Waals surface area (Å²) in [5.41, 5.74) is 0.797. The van der Waals surface area contributed by atoms with E-state index in [1.165, 1.54) is 0 Å². The quantitative estimate of drug-likeness (QED) is 0.548. The van der Waals surface area contributed by atoms with Crippen LogP contribution in [0.5, 0.6) is 0 Å². The number of carbonyl (C=O) groups excluding carboxylic acids is 1. The lowest BCUT2D eigenvalue weighted by atomic mass is 9.49. The van der Waals surface area contributed by atoms with Gasteiger partial charge >= 0.3 is 0 Å². The Balaban J connectivity index is 1.63. The Labute approximate surface area is 139 Å². The number of rotatable bonds is 0. The van der Waals surface area contributed by atoms with Gasteiger partial charge in [0.25, 0.3) is 0 Å². The van der Waals surface area contributed by atoms with Crippen molar-refractivity contribution in [1.29, 1.82) is 0 Å². The fraction of sp³-hybridized carbons (Fsp3) is 0.762. The van der Waals surface area contributed by atoms with Gasteiger partial charge in [-0.25, -0.2) is 0 Å². The van der Waals surface area contributed by atoms with E-state index < -0.39 is 0 Å². The lowest BCUT2D eigenvalue weighted by Crippen LogP contribution is -2.51. The van der Waals surface area contributed by atoms with Gasteiger partial charge in [0, 0.05) is 17.4 Å². The third-order valence-corrected chi connectivity index (χ3v) is 8.10. The Hall–Kier alpha value is -1.07. The lowest BCUT2D eigenvalue weighted by molar-refractivity contribution is -0.132. The highest BCUT2D eigenvalue weighted by Crippen LogP contribution is 2.62. The molecule has 0 heterocycles. The molecule has 124 valence electrons. The van der Waals surface area contributed by atoms with Gasteiger partial charge in [-0.3, -0.25) is 4.79 Å². The third kappa shape index (κ3) is 2.02. The van der Waals surface area contributed by atoms with Crippen molar-refractivity contribution in [3.63, 3.8) is 0 Å². The maximum atomic E-state index is 12.7. The molecular weight excluding hydrogens is 284 g/mol. The van der Waals surface area contributed by atoms with Gasteiger partial charge < -0.3 is 5.11 Å². The molecule has 0 radical (unpaired) electrons. The van der Waals surface area contributed by atoms with Gasteiger partial charge in [-0.15, -0.1) is 6.42 Å². The van der Waals surface area contributed by atoms with Crippen molar-refractivity contribution in [3.8, 4) is 12.3 Å². The molecule has 2 nitrogen and oxygen atoms in total. The van der Waals surface area contributed by atoms with E-state index in [4.69, 9.17) is 6.42 Å². The maximum absolute atomic E-state index is 12.7. The van der Waals surface area contributed by atoms with Crippen molar-refractivity contribution in [2.75, 3.05) is 0 Å². The first kappa shape index (κ1) is 15.5. The molecule has 4 saturated carbocycles. The van der Waals surface area contributed by atoms with E-state index in [1.807, 2.05) is 0 Å². The number of fused-ring (bicyclic) bond motifs is 5. The molecule has 2 heteroatoms. The molecule has 4 fully saturated rings. The van der Waals surface area contributed by atoms with Crippen molar-refractivity contribution in [1.82, 2.24) is 0 Å². The highest BCUT2D eigenvalue weighted by Gasteiger charge is 2.58. The highest BCUT2D eigenvalue weighted by atomic mass is 16.3. The minimum Gasteiger partial charge on any atom is -0.393 e. The zero-order valence-electron chi connectivity index (χ0n) is 14.1. The normalized spacial score (nSPS) is 52.3. The summed E-state index contributed by atoms with van der Waals surface area (Å²) in [6.45, 7) is 6.29. The summed E-state index contributed by atoms with van der Waals surface area (Å²) in [6.07, 6.45) is 13.1. The fourth-order valence-corrected chi connectivity index (χ4v) is 6.78. The van der Waals surface area contributed by atoms with Crippen LogP contribution >= 0.6 is 0 Å². The predicted molar refractivity (Wildman–Crippen MR) is 90.4 cm³/mol. The summed E-state index contributed by atoms with van der Waals surface area (Å²) < 4.78 is 0. The molecule has 4 aliphatic carbocycles. The van der Waals surface area contributed by atoms with Crippen LogP contribution in [0.3, 0.4) is 0 Å². The molecule has 0 aliphatic heterocycles. The molecule has 0 bridgehead atoms. The zero-order valence-corrected chi connectivity index (χ0v) is 14.1. The van der Waals surface area contributed by atoms with Crippen LogP contribution in [0, 0.1) is 53.3 Å². The Morgan fingerprint density at radius 2 is 1.96 bits per heavy atom. The standard InChI is InChI=1S/C21H28O2/c1-4-13-11-17-14-9-10-21(3)18(7-8-19(21)22)15(14)5-6-16(17)20(23)12(13)2/h1,13-19,22H,2,5-11H2,3H3/t13?,14-,15+,16?,17+,18-,19-,21-/m0/s1. The van der Waals surface area contributed by atoms with Crippen molar-refractivity contribution in [3.05, 3.63) is 12.2 Å². The summed E-state index contributed by atoms with van der Waals surface area (Å²) in [6, 6.07) is 0. The Morgan fingerprint density at radius 3 is 2.70 bits per heavy atom. The number of carbonyl (C=O) groups is 1. The van der Waals surface area contributed by atoms with E-state index in [1.54, 1.807) is 0 Å². The molecule has 0 aromatic rings.